The van der Waals surface area contributed by atoms with Gasteiger partial charge in [0, 0.05) is 10.5 Å². The number of nitrogens with one attached hydrogen (secondary N) is 1. The summed E-state index contributed by atoms with van der Waals surface area (Å²) in [5.41, 5.74) is 4.44. The van der Waals surface area contributed by atoms with Crippen LogP contribution in [0.15, 0.2) is 69.8 Å². The maximum atomic E-state index is 12.9. The minimum atomic E-state index is -0.292. The van der Waals surface area contributed by atoms with Gasteiger partial charge in [-0.15, -0.1) is 0 Å². The monoisotopic (exact) mass is 384 g/mol. The third-order valence-electron chi connectivity index (χ3n) is 3.44. The van der Waals surface area contributed by atoms with Crippen LogP contribution in [0.3, 0.4) is 0 Å². The predicted octanol–water partition coefficient (Wildman–Crippen LogP) is 4.23. The summed E-state index contributed by atoms with van der Waals surface area (Å²) >= 11 is 1.37. The van der Waals surface area contributed by atoms with Crippen LogP contribution in [0.2, 0.25) is 0 Å². The molecule has 0 bridgehead atoms. The second kappa shape index (κ2) is 9.00. The lowest BCUT2D eigenvalue weighted by Gasteiger charge is -2.07. The smallest absolute Gasteiger partial charge is 0.220 e. The van der Waals surface area contributed by atoms with Gasteiger partial charge in [-0.3, -0.25) is 5.43 Å². The van der Waals surface area contributed by atoms with Gasteiger partial charge in [0.15, 0.2) is 5.16 Å². The molecule has 1 heterocycles. The first-order chi connectivity index (χ1) is 13.2. The number of halogens is 1. The van der Waals surface area contributed by atoms with Gasteiger partial charge in [0.05, 0.1) is 32.2 Å². The van der Waals surface area contributed by atoms with Crippen LogP contribution in [0.25, 0.3) is 0 Å². The molecule has 0 saturated carbocycles. The third kappa shape index (κ3) is 5.18. The molecular weight excluding hydrogens is 367 g/mol. The molecule has 3 rings (SSSR count). The van der Waals surface area contributed by atoms with E-state index in [1.807, 2.05) is 24.3 Å². The Morgan fingerprint density at radius 1 is 1.00 bits per heavy atom. The molecule has 0 fully saturated rings. The van der Waals surface area contributed by atoms with Gasteiger partial charge in [0.1, 0.15) is 5.82 Å². The van der Waals surface area contributed by atoms with Crippen LogP contribution in [0.4, 0.5) is 10.1 Å². The fraction of sp³-hybridized carbons (Fsp3) is 0.105. The quantitative estimate of drug-likeness (QED) is 0.373. The highest BCUT2D eigenvalue weighted by Crippen LogP contribution is 2.30. The van der Waals surface area contributed by atoms with Crippen LogP contribution in [0.1, 0.15) is 5.56 Å². The molecule has 6 nitrogen and oxygen atoms in total. The number of aromatic nitrogens is 2. The third-order valence-corrected chi connectivity index (χ3v) is 4.40. The molecule has 1 aromatic heterocycles. The van der Waals surface area contributed by atoms with E-state index in [2.05, 4.69) is 20.5 Å². The number of nitrogens with zero attached hydrogens (tertiary/aromatic N) is 3. The lowest BCUT2D eigenvalue weighted by Crippen LogP contribution is -1.97. The molecule has 2 aromatic carbocycles. The average Bonchev–Trinajstić information content (AvgIpc) is 2.70. The Balaban J connectivity index is 1.77. The van der Waals surface area contributed by atoms with E-state index >= 15 is 0 Å². The molecule has 0 unspecified atom stereocenters. The molecule has 0 aliphatic heterocycles. The van der Waals surface area contributed by atoms with Crippen molar-refractivity contribution >= 4 is 23.7 Å². The van der Waals surface area contributed by atoms with Gasteiger partial charge in [-0.05, 0) is 42.1 Å². The van der Waals surface area contributed by atoms with Crippen molar-refractivity contribution in [1.82, 2.24) is 9.97 Å². The first-order valence-electron chi connectivity index (χ1n) is 7.96. The Morgan fingerprint density at radius 3 is 2.33 bits per heavy atom. The van der Waals surface area contributed by atoms with Gasteiger partial charge in [-0.25, -0.2) is 4.39 Å². The first-order valence-corrected chi connectivity index (χ1v) is 8.78. The number of hydrazone groups is 1. The van der Waals surface area contributed by atoms with E-state index in [1.165, 1.54) is 38.1 Å². The fourth-order valence-corrected chi connectivity index (χ4v) is 2.97. The highest BCUT2D eigenvalue weighted by Gasteiger charge is 2.09. The Kier molecular flexibility index (Phi) is 6.22. The minimum absolute atomic E-state index is 0.292. The van der Waals surface area contributed by atoms with Crippen molar-refractivity contribution in [3.05, 3.63) is 66.0 Å². The van der Waals surface area contributed by atoms with E-state index in [-0.39, 0.29) is 5.82 Å². The number of anilines is 1. The Morgan fingerprint density at radius 2 is 1.67 bits per heavy atom. The largest absolute Gasteiger partial charge is 0.481 e. The molecule has 27 heavy (non-hydrogen) atoms. The van der Waals surface area contributed by atoms with Crippen LogP contribution in [-0.4, -0.2) is 30.4 Å². The summed E-state index contributed by atoms with van der Waals surface area (Å²) in [6.45, 7) is 0. The minimum Gasteiger partial charge on any atom is -0.481 e. The SMILES string of the molecule is COc1cc(OC)nc(Sc2ccccc2/C=N/Nc2ccc(F)cc2)n1. The molecule has 8 heteroatoms. The van der Waals surface area contributed by atoms with Crippen molar-refractivity contribution in [2.75, 3.05) is 19.6 Å². The van der Waals surface area contributed by atoms with Gasteiger partial charge in [0.2, 0.25) is 11.8 Å². The summed E-state index contributed by atoms with van der Waals surface area (Å²) in [6.07, 6.45) is 1.68. The molecule has 0 saturated heterocycles. The number of ether oxygens (including phenoxy) is 2. The lowest BCUT2D eigenvalue weighted by atomic mass is 10.2. The van der Waals surface area contributed by atoms with E-state index in [0.717, 1.165) is 10.5 Å². The molecule has 0 amide bonds. The summed E-state index contributed by atoms with van der Waals surface area (Å²) in [7, 11) is 3.08. The van der Waals surface area contributed by atoms with Crippen molar-refractivity contribution < 1.29 is 13.9 Å². The molecule has 0 radical (unpaired) electrons. The number of methoxy groups -OCH3 is 2. The lowest BCUT2D eigenvalue weighted by molar-refractivity contribution is 0.364. The van der Waals surface area contributed by atoms with E-state index in [4.69, 9.17) is 9.47 Å². The molecule has 0 aliphatic rings. The van der Waals surface area contributed by atoms with Gasteiger partial charge in [-0.2, -0.15) is 15.1 Å². The van der Waals surface area contributed by atoms with Gasteiger partial charge in [-0.1, -0.05) is 18.2 Å². The van der Waals surface area contributed by atoms with Crippen LogP contribution >= 0.6 is 11.8 Å². The van der Waals surface area contributed by atoms with E-state index < -0.39 is 0 Å². The Hall–Kier alpha value is -3.13. The molecule has 138 valence electrons. The Labute approximate surface area is 160 Å². The van der Waals surface area contributed by atoms with Gasteiger partial charge in [0.25, 0.3) is 0 Å². The summed E-state index contributed by atoms with van der Waals surface area (Å²) in [5.74, 6) is 0.557. The van der Waals surface area contributed by atoms with Crippen molar-refractivity contribution in [3.8, 4) is 11.8 Å². The van der Waals surface area contributed by atoms with Crippen molar-refractivity contribution in [3.63, 3.8) is 0 Å². The standard InChI is InChI=1S/C19H17FN4O2S/c1-25-17-11-18(26-2)23-19(22-17)27-16-6-4-3-5-13(16)12-21-24-15-9-7-14(20)8-10-15/h3-12,24H,1-2H3/b21-12+. The summed E-state index contributed by atoms with van der Waals surface area (Å²) in [5, 5.41) is 4.71. The van der Waals surface area contributed by atoms with Gasteiger partial charge < -0.3 is 9.47 Å². The fourth-order valence-electron chi connectivity index (χ4n) is 2.12. The first kappa shape index (κ1) is 18.7. The van der Waals surface area contributed by atoms with Crippen LogP contribution in [0.5, 0.6) is 11.8 Å². The number of rotatable bonds is 7. The van der Waals surface area contributed by atoms with Gasteiger partial charge >= 0.3 is 0 Å². The second-order valence-electron chi connectivity index (χ2n) is 5.25. The number of hydrogen-bond acceptors (Lipinski definition) is 7. The zero-order valence-electron chi connectivity index (χ0n) is 14.7. The van der Waals surface area contributed by atoms with E-state index in [9.17, 15) is 4.39 Å². The highest BCUT2D eigenvalue weighted by molar-refractivity contribution is 7.99. The maximum absolute atomic E-state index is 12.9. The molecule has 3 aromatic rings. The van der Waals surface area contributed by atoms with Crippen LogP contribution in [-0.2, 0) is 0 Å². The topological polar surface area (TPSA) is 68.6 Å². The highest BCUT2D eigenvalue weighted by atomic mass is 32.2. The zero-order valence-corrected chi connectivity index (χ0v) is 15.5. The number of benzene rings is 2. The predicted molar refractivity (Wildman–Crippen MR) is 103 cm³/mol. The number of hydrogen-bond donors (Lipinski definition) is 1. The normalized spacial score (nSPS) is 10.8. The molecular formula is C19H17FN4O2S. The molecule has 0 spiro atoms. The van der Waals surface area contributed by atoms with E-state index in [1.54, 1.807) is 24.4 Å². The molecule has 1 N–H and O–H groups in total. The molecule has 0 atom stereocenters. The zero-order chi connectivity index (χ0) is 19.1. The molecule has 0 aliphatic carbocycles. The van der Waals surface area contributed by atoms with Crippen molar-refractivity contribution in [1.29, 1.82) is 0 Å². The van der Waals surface area contributed by atoms with Crippen LogP contribution < -0.4 is 14.9 Å². The van der Waals surface area contributed by atoms with Crippen molar-refractivity contribution in [2.45, 2.75) is 10.1 Å². The van der Waals surface area contributed by atoms with Crippen molar-refractivity contribution in [2.24, 2.45) is 5.10 Å². The summed E-state index contributed by atoms with van der Waals surface area (Å²) in [4.78, 5) is 9.57. The average molecular weight is 384 g/mol. The maximum Gasteiger partial charge on any atom is 0.220 e. The summed E-state index contributed by atoms with van der Waals surface area (Å²) < 4.78 is 23.3. The van der Waals surface area contributed by atoms with Crippen LogP contribution in [0, 0.1) is 5.82 Å². The second-order valence-corrected chi connectivity index (χ2v) is 6.26. The Bertz CT molecular complexity index is 913. The van der Waals surface area contributed by atoms with E-state index in [0.29, 0.717) is 22.6 Å². The summed E-state index contributed by atoms with van der Waals surface area (Å²) in [6, 6.07) is 15.3.